The van der Waals surface area contributed by atoms with E-state index in [1.807, 2.05) is 12.1 Å². The molecule has 0 spiro atoms. The van der Waals surface area contributed by atoms with Gasteiger partial charge in [-0.05, 0) is 60.9 Å². The summed E-state index contributed by atoms with van der Waals surface area (Å²) in [7, 11) is 0. The quantitative estimate of drug-likeness (QED) is 0.720. The van der Waals surface area contributed by atoms with Crippen molar-refractivity contribution < 1.29 is 5.11 Å². The second kappa shape index (κ2) is 4.52. The Morgan fingerprint density at radius 2 is 2.00 bits per heavy atom. The van der Waals surface area contributed by atoms with Crippen LogP contribution in [0.2, 0.25) is 0 Å². The standard InChI is InChI=1S/C18H16N2O2S/c21-17-15-12(9-13(23-15)10-3-7-19-8-4-10)14-11-1-5-18(22,6-2-11)16(14)20-17/h3-4,7-9,11,22H,1-2,5-6H2,(H,20,21). The molecule has 2 N–H and O–H groups in total. The molecule has 3 aromatic rings. The van der Waals surface area contributed by atoms with Gasteiger partial charge in [-0.1, -0.05) is 0 Å². The normalized spacial score (nSPS) is 25.7. The number of fused-ring (bicyclic) bond motifs is 3. The van der Waals surface area contributed by atoms with Crippen LogP contribution in [0.5, 0.6) is 0 Å². The fourth-order valence-electron chi connectivity index (χ4n) is 4.22. The predicted octanol–water partition coefficient (Wildman–Crippen LogP) is 3.51. The third-order valence-electron chi connectivity index (χ3n) is 5.39. The zero-order valence-corrected chi connectivity index (χ0v) is 13.3. The molecule has 23 heavy (non-hydrogen) atoms. The summed E-state index contributed by atoms with van der Waals surface area (Å²) in [5.74, 6) is 0.457. The summed E-state index contributed by atoms with van der Waals surface area (Å²) < 4.78 is 0.770. The first-order valence-corrected chi connectivity index (χ1v) is 8.80. The molecule has 3 aliphatic carbocycles. The summed E-state index contributed by atoms with van der Waals surface area (Å²) in [5, 5.41) is 11.9. The lowest BCUT2D eigenvalue weighted by Crippen LogP contribution is -2.40. The Bertz CT molecular complexity index is 966. The van der Waals surface area contributed by atoms with Crippen LogP contribution in [-0.2, 0) is 5.60 Å². The third-order valence-corrected chi connectivity index (χ3v) is 6.57. The predicted molar refractivity (Wildman–Crippen MR) is 90.8 cm³/mol. The minimum atomic E-state index is -0.837. The van der Waals surface area contributed by atoms with Gasteiger partial charge in [-0.3, -0.25) is 9.78 Å². The average molecular weight is 324 g/mol. The summed E-state index contributed by atoms with van der Waals surface area (Å²) in [4.78, 5) is 20.7. The first-order valence-electron chi connectivity index (χ1n) is 7.99. The summed E-state index contributed by atoms with van der Waals surface area (Å²) in [5.41, 5.74) is 2.11. The van der Waals surface area contributed by atoms with Gasteiger partial charge in [0.15, 0.2) is 0 Å². The number of thiophene rings is 1. The van der Waals surface area contributed by atoms with Gasteiger partial charge in [-0.15, -0.1) is 11.3 Å². The van der Waals surface area contributed by atoms with Crippen LogP contribution >= 0.6 is 11.3 Å². The van der Waals surface area contributed by atoms with Crippen LogP contribution in [0.25, 0.3) is 20.5 Å². The van der Waals surface area contributed by atoms with E-state index in [4.69, 9.17) is 0 Å². The van der Waals surface area contributed by atoms with E-state index < -0.39 is 5.60 Å². The van der Waals surface area contributed by atoms with Gasteiger partial charge in [0, 0.05) is 22.7 Å². The number of aromatic amines is 1. The van der Waals surface area contributed by atoms with Crippen LogP contribution in [0.1, 0.15) is 42.9 Å². The number of pyridine rings is 2. The van der Waals surface area contributed by atoms with E-state index in [0.717, 1.165) is 51.9 Å². The van der Waals surface area contributed by atoms with Crippen LogP contribution < -0.4 is 5.56 Å². The fraction of sp³-hybridized carbons (Fsp3) is 0.333. The molecule has 3 aromatic heterocycles. The molecule has 5 heteroatoms. The number of nitrogens with zero attached hydrogens (tertiary/aromatic N) is 1. The van der Waals surface area contributed by atoms with Crippen LogP contribution in [0.15, 0.2) is 35.4 Å². The van der Waals surface area contributed by atoms with E-state index in [1.54, 1.807) is 12.4 Å². The summed E-state index contributed by atoms with van der Waals surface area (Å²) in [6, 6.07) is 6.05. The summed E-state index contributed by atoms with van der Waals surface area (Å²) in [6.45, 7) is 0. The minimum absolute atomic E-state index is 0.0787. The van der Waals surface area contributed by atoms with Crippen molar-refractivity contribution in [1.29, 1.82) is 0 Å². The fourth-order valence-corrected chi connectivity index (χ4v) is 5.29. The van der Waals surface area contributed by atoms with Crippen molar-refractivity contribution in [3.05, 3.63) is 52.2 Å². The van der Waals surface area contributed by atoms with Gasteiger partial charge in [0.2, 0.25) is 0 Å². The second-order valence-corrected chi connectivity index (χ2v) is 7.69. The highest BCUT2D eigenvalue weighted by Crippen LogP contribution is 2.53. The van der Waals surface area contributed by atoms with E-state index in [2.05, 4.69) is 16.0 Å². The number of H-pyrrole nitrogens is 1. The van der Waals surface area contributed by atoms with Gasteiger partial charge in [-0.25, -0.2) is 0 Å². The maximum absolute atomic E-state index is 12.5. The molecule has 1 fully saturated rings. The first kappa shape index (κ1) is 13.5. The van der Waals surface area contributed by atoms with Crippen molar-refractivity contribution >= 4 is 21.4 Å². The lowest BCUT2D eigenvalue weighted by atomic mass is 9.66. The highest BCUT2D eigenvalue weighted by Gasteiger charge is 2.45. The Morgan fingerprint density at radius 1 is 1.26 bits per heavy atom. The molecule has 2 bridgehead atoms. The molecule has 3 aliphatic rings. The average Bonchev–Trinajstić information content (AvgIpc) is 3.03. The van der Waals surface area contributed by atoms with Gasteiger partial charge in [0.05, 0.1) is 5.69 Å². The molecule has 0 aliphatic heterocycles. The van der Waals surface area contributed by atoms with E-state index >= 15 is 0 Å². The van der Waals surface area contributed by atoms with Crippen LogP contribution in [0.3, 0.4) is 0 Å². The Morgan fingerprint density at radius 3 is 2.74 bits per heavy atom. The van der Waals surface area contributed by atoms with Gasteiger partial charge >= 0.3 is 0 Å². The molecule has 3 heterocycles. The van der Waals surface area contributed by atoms with Gasteiger partial charge in [-0.2, -0.15) is 0 Å². The molecule has 0 radical (unpaired) electrons. The van der Waals surface area contributed by atoms with Crippen molar-refractivity contribution in [3.8, 4) is 10.4 Å². The largest absolute Gasteiger partial charge is 0.384 e. The minimum Gasteiger partial charge on any atom is -0.384 e. The van der Waals surface area contributed by atoms with E-state index in [9.17, 15) is 9.90 Å². The second-order valence-electron chi connectivity index (χ2n) is 6.64. The molecule has 0 saturated heterocycles. The summed E-state index contributed by atoms with van der Waals surface area (Å²) >= 11 is 1.52. The molecular weight excluding hydrogens is 308 g/mol. The van der Waals surface area contributed by atoms with Crippen molar-refractivity contribution in [2.45, 2.75) is 37.2 Å². The van der Waals surface area contributed by atoms with Crippen molar-refractivity contribution in [3.63, 3.8) is 0 Å². The molecule has 1 saturated carbocycles. The molecule has 6 rings (SSSR count). The molecular formula is C18H16N2O2S. The van der Waals surface area contributed by atoms with Crippen molar-refractivity contribution in [2.75, 3.05) is 0 Å². The Kier molecular flexibility index (Phi) is 2.65. The zero-order chi connectivity index (χ0) is 15.6. The molecule has 0 aromatic carbocycles. The summed E-state index contributed by atoms with van der Waals surface area (Å²) in [6.07, 6.45) is 7.06. The number of hydrogen-bond donors (Lipinski definition) is 2. The Balaban J connectivity index is 1.83. The molecule has 0 unspecified atom stereocenters. The van der Waals surface area contributed by atoms with E-state index in [-0.39, 0.29) is 5.56 Å². The van der Waals surface area contributed by atoms with Gasteiger partial charge in [0.1, 0.15) is 10.3 Å². The highest BCUT2D eigenvalue weighted by atomic mass is 32.1. The lowest BCUT2D eigenvalue weighted by Gasteiger charge is -2.44. The van der Waals surface area contributed by atoms with Gasteiger partial charge < -0.3 is 10.1 Å². The topological polar surface area (TPSA) is 66.0 Å². The molecule has 0 atom stereocenters. The Labute approximate surface area is 136 Å². The zero-order valence-electron chi connectivity index (χ0n) is 12.5. The number of aliphatic hydroxyl groups is 1. The van der Waals surface area contributed by atoms with Gasteiger partial charge in [0.25, 0.3) is 5.56 Å². The highest BCUT2D eigenvalue weighted by molar-refractivity contribution is 7.22. The molecule has 4 nitrogen and oxygen atoms in total. The SMILES string of the molecule is O=c1[nH]c2c(c3cc(-c4ccncc4)sc13)C1CCC2(O)CC1. The maximum Gasteiger partial charge on any atom is 0.266 e. The van der Waals surface area contributed by atoms with Crippen molar-refractivity contribution in [1.82, 2.24) is 9.97 Å². The first-order chi connectivity index (χ1) is 11.2. The van der Waals surface area contributed by atoms with Crippen LogP contribution in [0, 0.1) is 0 Å². The number of aromatic nitrogens is 2. The number of nitrogens with one attached hydrogen (secondary N) is 1. The number of rotatable bonds is 1. The van der Waals surface area contributed by atoms with E-state index in [0.29, 0.717) is 5.92 Å². The van der Waals surface area contributed by atoms with Crippen molar-refractivity contribution in [2.24, 2.45) is 0 Å². The molecule has 0 amide bonds. The maximum atomic E-state index is 12.5. The van der Waals surface area contributed by atoms with E-state index in [1.165, 1.54) is 16.9 Å². The third kappa shape index (κ3) is 1.80. The lowest BCUT2D eigenvalue weighted by molar-refractivity contribution is -0.0237. The number of hydrogen-bond acceptors (Lipinski definition) is 4. The Hall–Kier alpha value is -1.98. The van der Waals surface area contributed by atoms with Crippen LogP contribution in [0.4, 0.5) is 0 Å². The smallest absolute Gasteiger partial charge is 0.266 e. The monoisotopic (exact) mass is 324 g/mol. The molecule has 116 valence electrons. The van der Waals surface area contributed by atoms with Crippen LogP contribution in [-0.4, -0.2) is 15.1 Å².